The van der Waals surface area contributed by atoms with Gasteiger partial charge in [-0.05, 0) is 24.3 Å². The van der Waals surface area contributed by atoms with Crippen LogP contribution in [0.3, 0.4) is 0 Å². The Morgan fingerprint density at radius 2 is 1.38 bits per heavy atom. The number of benzene rings is 2. The average Bonchev–Trinajstić information content (AvgIpc) is 2.30. The molecule has 0 aliphatic rings. The maximum atomic E-state index is 11.9. The molecule has 0 heterocycles. The molecule has 0 unspecified atom stereocenters. The molecule has 0 saturated heterocycles. The minimum absolute atomic E-state index is 0. The van der Waals surface area contributed by atoms with Crippen LogP contribution in [0.5, 0.6) is 0 Å². The number of hydrogen-bond acceptors (Lipinski definition) is 2. The zero-order chi connectivity index (χ0) is 10.7. The summed E-state index contributed by atoms with van der Waals surface area (Å²) in [6, 6.07) is 16.5. The maximum Gasteiger partial charge on any atom is 1.00 e. The van der Waals surface area contributed by atoms with Gasteiger partial charge in [-0.15, -0.1) is 12.6 Å². The maximum absolute atomic E-state index is 11.9. The van der Waals surface area contributed by atoms with Crippen LogP contribution in [0.1, 0.15) is 17.3 Å². The predicted octanol–water partition coefficient (Wildman–Crippen LogP) is 0.323. The van der Waals surface area contributed by atoms with Crippen LogP contribution in [0.2, 0.25) is 0 Å². The van der Waals surface area contributed by atoms with Gasteiger partial charge in [0, 0.05) is 16.0 Å². The van der Waals surface area contributed by atoms with Crippen molar-refractivity contribution in [1.29, 1.82) is 0 Å². The number of carbonyl (C=O) groups is 1. The van der Waals surface area contributed by atoms with Crippen LogP contribution in [0.15, 0.2) is 59.5 Å². The van der Waals surface area contributed by atoms with Crippen LogP contribution in [0.4, 0.5) is 0 Å². The molecule has 2 aromatic rings. The molecule has 2 aromatic carbocycles. The number of rotatable bonds is 2. The van der Waals surface area contributed by atoms with Gasteiger partial charge in [0.1, 0.15) is 0 Å². The van der Waals surface area contributed by atoms with Crippen molar-refractivity contribution in [3.63, 3.8) is 0 Å². The van der Waals surface area contributed by atoms with E-state index in [1.54, 1.807) is 12.1 Å². The third-order valence-electron chi connectivity index (χ3n) is 2.17. The monoisotopic (exact) mass is 254 g/mol. The first kappa shape index (κ1) is 14.2. The molecule has 0 radical (unpaired) electrons. The predicted molar refractivity (Wildman–Crippen MR) is 64.7 cm³/mol. The largest absolute Gasteiger partial charge is 1.00 e. The molecule has 3 heteroatoms. The third-order valence-corrected chi connectivity index (χ3v) is 2.46. The molecule has 1 nitrogen and oxygen atoms in total. The van der Waals surface area contributed by atoms with Crippen LogP contribution < -0.4 is 51.4 Å². The second kappa shape index (κ2) is 6.74. The molecular weight excluding hydrogens is 243 g/mol. The zero-order valence-corrected chi connectivity index (χ0v) is 13.1. The summed E-state index contributed by atoms with van der Waals surface area (Å²) >= 11 is 4.18. The van der Waals surface area contributed by atoms with Gasteiger partial charge in [-0.25, -0.2) is 0 Å². The molecule has 0 atom stereocenters. The Morgan fingerprint density at radius 1 is 0.875 bits per heavy atom. The van der Waals surface area contributed by atoms with E-state index in [0.717, 1.165) is 4.90 Å². The molecule has 0 aliphatic carbocycles. The molecule has 0 saturated carbocycles. The Kier molecular flexibility index (Phi) is 5.96. The van der Waals surface area contributed by atoms with Crippen molar-refractivity contribution < 1.29 is 57.6 Å². The fourth-order valence-corrected chi connectivity index (χ4v) is 1.52. The van der Waals surface area contributed by atoms with Gasteiger partial charge in [0.25, 0.3) is 0 Å². The number of ketones is 1. The molecule has 0 amide bonds. The van der Waals surface area contributed by atoms with Gasteiger partial charge in [0.15, 0.2) is 5.78 Å². The quantitative estimate of drug-likeness (QED) is 0.464. The summed E-state index contributed by atoms with van der Waals surface area (Å²) in [4.78, 5) is 12.8. The van der Waals surface area contributed by atoms with E-state index >= 15 is 0 Å². The fourth-order valence-electron chi connectivity index (χ4n) is 1.37. The zero-order valence-electron chi connectivity index (χ0n) is 10.1. The van der Waals surface area contributed by atoms with Crippen LogP contribution in [-0.2, 0) is 0 Å². The molecule has 0 N–H and O–H groups in total. The first-order valence-corrected chi connectivity index (χ1v) is 5.11. The Labute approximate surface area is 145 Å². The first-order chi connectivity index (χ1) is 7.27. The van der Waals surface area contributed by atoms with Crippen molar-refractivity contribution >= 4 is 18.4 Å². The van der Waals surface area contributed by atoms with Gasteiger partial charge in [0.2, 0.25) is 0 Å². The SMILES string of the molecule is O=C(c1ccccc1)c1ccc(S)cc1.[H-].[K+]. The topological polar surface area (TPSA) is 17.1 Å². The van der Waals surface area contributed by atoms with E-state index in [1.165, 1.54) is 0 Å². The Hall–Kier alpha value is 0.0964. The standard InChI is InChI=1S/C13H10OS.K.H/c14-13(10-4-2-1-3-5-10)11-6-8-12(15)9-7-11;;/h1-9,15H;;/q;+1;-1. The molecule has 16 heavy (non-hydrogen) atoms. The average molecular weight is 254 g/mol. The smallest absolute Gasteiger partial charge is 1.00 e. The van der Waals surface area contributed by atoms with Gasteiger partial charge >= 0.3 is 51.4 Å². The molecule has 0 aromatic heterocycles. The van der Waals surface area contributed by atoms with E-state index in [9.17, 15) is 4.79 Å². The van der Waals surface area contributed by atoms with Crippen LogP contribution >= 0.6 is 12.6 Å². The number of hydrogen-bond donors (Lipinski definition) is 1. The van der Waals surface area contributed by atoms with Crippen molar-refractivity contribution in [1.82, 2.24) is 0 Å². The van der Waals surface area contributed by atoms with Gasteiger partial charge in [-0.1, -0.05) is 30.3 Å². The van der Waals surface area contributed by atoms with Gasteiger partial charge in [0.05, 0.1) is 0 Å². The van der Waals surface area contributed by atoms with E-state index in [1.807, 2.05) is 42.5 Å². The van der Waals surface area contributed by atoms with Gasteiger partial charge in [-0.3, -0.25) is 4.79 Å². The van der Waals surface area contributed by atoms with E-state index in [-0.39, 0.29) is 58.6 Å². The van der Waals surface area contributed by atoms with Crippen molar-refractivity contribution in [3.8, 4) is 0 Å². The fraction of sp³-hybridized carbons (Fsp3) is 0. The van der Waals surface area contributed by atoms with E-state index < -0.39 is 0 Å². The molecule has 0 fully saturated rings. The molecule has 0 spiro atoms. The summed E-state index contributed by atoms with van der Waals surface area (Å²) in [6.07, 6.45) is 0. The Morgan fingerprint density at radius 3 is 1.94 bits per heavy atom. The van der Waals surface area contributed by atoms with Gasteiger partial charge in [-0.2, -0.15) is 0 Å². The van der Waals surface area contributed by atoms with Crippen molar-refractivity contribution in [2.45, 2.75) is 4.90 Å². The van der Waals surface area contributed by atoms with E-state index in [0.29, 0.717) is 11.1 Å². The summed E-state index contributed by atoms with van der Waals surface area (Å²) in [7, 11) is 0. The number of thiol groups is 1. The van der Waals surface area contributed by atoms with Crippen molar-refractivity contribution in [2.75, 3.05) is 0 Å². The van der Waals surface area contributed by atoms with Gasteiger partial charge < -0.3 is 1.43 Å². The van der Waals surface area contributed by atoms with Crippen LogP contribution in [0.25, 0.3) is 0 Å². The van der Waals surface area contributed by atoms with Crippen molar-refractivity contribution in [3.05, 3.63) is 65.7 Å². The second-order valence-electron chi connectivity index (χ2n) is 3.24. The summed E-state index contributed by atoms with van der Waals surface area (Å²) in [5, 5.41) is 0. The Balaban J connectivity index is 0.00000128. The minimum atomic E-state index is 0. The van der Waals surface area contributed by atoms with E-state index in [4.69, 9.17) is 0 Å². The summed E-state index contributed by atoms with van der Waals surface area (Å²) in [6.45, 7) is 0. The van der Waals surface area contributed by atoms with Crippen LogP contribution in [0, 0.1) is 0 Å². The Bertz CT molecular complexity index is 471. The summed E-state index contributed by atoms with van der Waals surface area (Å²) in [5.74, 6) is 0.0453. The molecule has 0 aliphatic heterocycles. The summed E-state index contributed by atoms with van der Waals surface area (Å²) in [5.41, 5.74) is 1.41. The molecule has 2 rings (SSSR count). The normalized spacial score (nSPS) is 9.31. The molecule has 0 bridgehead atoms. The molecule has 76 valence electrons. The van der Waals surface area contributed by atoms with Crippen molar-refractivity contribution in [2.24, 2.45) is 0 Å². The van der Waals surface area contributed by atoms with E-state index in [2.05, 4.69) is 12.6 Å². The van der Waals surface area contributed by atoms with Crippen LogP contribution in [-0.4, -0.2) is 5.78 Å². The second-order valence-corrected chi connectivity index (χ2v) is 3.76. The minimum Gasteiger partial charge on any atom is -1.00 e. The third kappa shape index (κ3) is 3.55. The molecular formula is C13H11KOS. The first-order valence-electron chi connectivity index (χ1n) is 4.66. The number of carbonyl (C=O) groups excluding carboxylic acids is 1. The summed E-state index contributed by atoms with van der Waals surface area (Å²) < 4.78 is 0.